The van der Waals surface area contributed by atoms with Gasteiger partial charge in [0.15, 0.2) is 6.10 Å². The molecule has 9 nitrogen and oxygen atoms in total. The minimum atomic E-state index is -1.53. The summed E-state index contributed by atoms with van der Waals surface area (Å²) < 4.78 is 23.0. The Balaban J connectivity index is 4.12. The number of carbonyl (C=O) groups is 3. The smallest absolute Gasteiger partial charge is 0.361 e. The summed E-state index contributed by atoms with van der Waals surface area (Å²) in [6.07, 6.45) is 120. The normalized spacial score (nSPS) is 13.7. The molecule has 1 N–H and O–H groups in total. The van der Waals surface area contributed by atoms with Gasteiger partial charge in [0.2, 0.25) is 0 Å². The zero-order chi connectivity index (χ0) is 73.2. The quantitative estimate of drug-likeness (QED) is 0.0211. The fourth-order valence-corrected chi connectivity index (χ4v) is 10.8. The van der Waals surface area contributed by atoms with Crippen molar-refractivity contribution in [2.24, 2.45) is 0 Å². The number of allylic oxidation sites excluding steroid dienone is 32. The lowest BCUT2D eigenvalue weighted by Crippen LogP contribution is -2.40. The maximum Gasteiger partial charge on any atom is 0.361 e. The highest BCUT2D eigenvalue weighted by molar-refractivity contribution is 5.71. The van der Waals surface area contributed by atoms with Gasteiger partial charge in [0.05, 0.1) is 34.4 Å². The van der Waals surface area contributed by atoms with E-state index in [1.54, 1.807) is 0 Å². The summed E-state index contributed by atoms with van der Waals surface area (Å²) in [5, 5.41) is 9.78. The van der Waals surface area contributed by atoms with E-state index in [2.05, 4.69) is 208 Å². The van der Waals surface area contributed by atoms with Gasteiger partial charge in [0, 0.05) is 12.8 Å². The van der Waals surface area contributed by atoms with Crippen molar-refractivity contribution in [1.82, 2.24) is 0 Å². The highest BCUT2D eigenvalue weighted by Gasteiger charge is 2.25. The van der Waals surface area contributed by atoms with Gasteiger partial charge < -0.3 is 28.5 Å². The topological polar surface area (TPSA) is 108 Å². The van der Waals surface area contributed by atoms with Gasteiger partial charge in [-0.25, -0.2) is 4.79 Å². The molecule has 9 heteroatoms. The van der Waals surface area contributed by atoms with Crippen LogP contribution in [0.1, 0.15) is 309 Å². The van der Waals surface area contributed by atoms with Gasteiger partial charge in [-0.3, -0.25) is 9.59 Å². The molecule has 0 aliphatic rings. The molecule has 0 aromatic heterocycles. The van der Waals surface area contributed by atoms with Crippen LogP contribution in [0.5, 0.6) is 0 Å². The van der Waals surface area contributed by atoms with Crippen molar-refractivity contribution >= 4 is 17.9 Å². The van der Waals surface area contributed by atoms with Crippen LogP contribution in [-0.2, 0) is 33.3 Å². The van der Waals surface area contributed by atoms with Crippen molar-refractivity contribution in [2.45, 2.75) is 322 Å². The van der Waals surface area contributed by atoms with Gasteiger partial charge in [-0.05, 0) is 141 Å². The number of unbranched alkanes of at least 4 members (excludes halogenated alkanes) is 26. The van der Waals surface area contributed by atoms with Crippen LogP contribution in [0, 0.1) is 0 Å². The maximum atomic E-state index is 13.0. The van der Waals surface area contributed by atoms with E-state index in [4.69, 9.17) is 18.9 Å². The molecule has 0 rings (SSSR count). The third-order valence-electron chi connectivity index (χ3n) is 16.8. The van der Waals surface area contributed by atoms with Crippen molar-refractivity contribution < 1.29 is 42.9 Å². The molecule has 0 aliphatic heterocycles. The van der Waals surface area contributed by atoms with Crippen LogP contribution in [0.4, 0.5) is 0 Å². The fourth-order valence-electron chi connectivity index (χ4n) is 10.8. The van der Waals surface area contributed by atoms with Crippen LogP contribution in [0.3, 0.4) is 0 Å². The highest BCUT2D eigenvalue weighted by Crippen LogP contribution is 2.17. The van der Waals surface area contributed by atoms with Crippen molar-refractivity contribution in [3.8, 4) is 0 Å². The first-order valence-corrected chi connectivity index (χ1v) is 40.6. The fraction of sp³-hybridized carbons (Fsp3) is 0.620. The SMILES string of the molecule is CC/C=C\C/C=C\C/C=C\C/C=C\C/C=C\C/C=C\C/C=C\C/C=C\C/C=C\C/C=C\C/C=C\CCCCCCCCCC(=O)OC(COC(=O)CCCCCCCCCCCCCCCCCCCCC/C=C\C/C=C\C/C=C\C/C=C\C/C=C\CC)COC(OCC[N+](C)(C)C)C(=O)O. The number of carboxylic acid groups (broad SMARTS) is 1. The molecule has 0 aromatic rings. The average molecular weight is 1400 g/mol. The van der Waals surface area contributed by atoms with Crippen LogP contribution in [0.25, 0.3) is 0 Å². The zero-order valence-electron chi connectivity index (χ0n) is 65.2. The summed E-state index contributed by atoms with van der Waals surface area (Å²) in [7, 11) is 5.97. The maximum absolute atomic E-state index is 13.0. The molecule has 0 aromatic carbocycles. The highest BCUT2D eigenvalue weighted by atomic mass is 16.7. The minimum Gasteiger partial charge on any atom is -0.477 e. The van der Waals surface area contributed by atoms with Crippen LogP contribution >= 0.6 is 0 Å². The molecule has 0 saturated carbocycles. The first-order valence-electron chi connectivity index (χ1n) is 40.6. The van der Waals surface area contributed by atoms with Crippen molar-refractivity contribution in [3.63, 3.8) is 0 Å². The van der Waals surface area contributed by atoms with E-state index < -0.39 is 24.3 Å². The summed E-state index contributed by atoms with van der Waals surface area (Å²) in [5.41, 5.74) is 0. The van der Waals surface area contributed by atoms with E-state index in [0.717, 1.165) is 148 Å². The van der Waals surface area contributed by atoms with Gasteiger partial charge in [0.1, 0.15) is 13.2 Å². The van der Waals surface area contributed by atoms with Crippen LogP contribution in [0.2, 0.25) is 0 Å². The molecule has 570 valence electrons. The Morgan fingerprint density at radius 1 is 0.297 bits per heavy atom. The van der Waals surface area contributed by atoms with Gasteiger partial charge in [-0.2, -0.15) is 0 Å². The van der Waals surface area contributed by atoms with Crippen LogP contribution in [-0.4, -0.2) is 87.4 Å². The number of likely N-dealkylation sites (N-methyl/N-ethyl adjacent to an activating group) is 1. The number of carbonyl (C=O) groups excluding carboxylic acids is 2. The molecule has 0 amide bonds. The number of quaternary nitrogens is 1. The Hall–Kier alpha value is -5.87. The zero-order valence-corrected chi connectivity index (χ0v) is 65.2. The largest absolute Gasteiger partial charge is 0.477 e. The Morgan fingerprint density at radius 2 is 0.535 bits per heavy atom. The Morgan fingerprint density at radius 3 is 0.792 bits per heavy atom. The Labute approximate surface area is 621 Å². The van der Waals surface area contributed by atoms with E-state index in [9.17, 15) is 19.5 Å². The predicted octanol–water partition coefficient (Wildman–Crippen LogP) is 26.5. The molecule has 0 radical (unpaired) electrons. The molecule has 0 aliphatic carbocycles. The molecular formula is C92H150NO8+. The lowest BCUT2D eigenvalue weighted by Gasteiger charge is -2.25. The number of hydrogen-bond acceptors (Lipinski definition) is 7. The summed E-state index contributed by atoms with van der Waals surface area (Å²) in [6, 6.07) is 0. The van der Waals surface area contributed by atoms with Crippen molar-refractivity contribution in [2.75, 3.05) is 47.5 Å². The van der Waals surface area contributed by atoms with Crippen LogP contribution < -0.4 is 0 Å². The van der Waals surface area contributed by atoms with E-state index in [1.807, 2.05) is 21.1 Å². The third kappa shape index (κ3) is 81.3. The van der Waals surface area contributed by atoms with Crippen molar-refractivity contribution in [1.29, 1.82) is 0 Å². The van der Waals surface area contributed by atoms with Gasteiger partial charge in [0.25, 0.3) is 6.29 Å². The molecule has 2 unspecified atom stereocenters. The number of hydrogen-bond donors (Lipinski definition) is 1. The third-order valence-corrected chi connectivity index (χ3v) is 16.8. The minimum absolute atomic E-state index is 0.177. The van der Waals surface area contributed by atoms with E-state index in [1.165, 1.54) is 128 Å². The molecule has 101 heavy (non-hydrogen) atoms. The second-order valence-corrected chi connectivity index (χ2v) is 27.6. The number of aliphatic carboxylic acids is 1. The first-order chi connectivity index (χ1) is 49.6. The molecule has 0 saturated heterocycles. The summed E-state index contributed by atoms with van der Waals surface area (Å²) in [6.45, 7) is 4.64. The Kier molecular flexibility index (Phi) is 75.2. The number of rotatable bonds is 73. The first kappa shape index (κ1) is 95.1. The molecule has 0 heterocycles. The molecule has 0 spiro atoms. The second kappa shape index (κ2) is 79.8. The summed E-state index contributed by atoms with van der Waals surface area (Å²) in [4.78, 5) is 37.8. The lowest BCUT2D eigenvalue weighted by molar-refractivity contribution is -0.870. The number of ether oxygens (including phenoxy) is 4. The average Bonchev–Trinajstić information content (AvgIpc) is 1.21. The monoisotopic (exact) mass is 1400 g/mol. The van der Waals surface area contributed by atoms with Gasteiger partial charge in [-0.1, -0.05) is 350 Å². The predicted molar refractivity (Wildman–Crippen MR) is 437 cm³/mol. The number of nitrogens with zero attached hydrogens (tertiary/aromatic N) is 1. The molecule has 0 fully saturated rings. The molecular weight excluding hydrogens is 1250 g/mol. The standard InChI is InChI=1S/C92H149NO8/c1-6-8-10-12-14-16-18-20-22-24-26-28-30-32-34-36-38-40-42-43-44-45-46-47-49-51-53-55-57-59-61-63-65-67-69-71-73-75-77-79-81-83-90(95)101-88(87-100-92(91(96)97)98-85-84-93(3,4)5)86-99-89(94)82-80-78-76-74-72-70-68-66-64-62-60-58-56-54-52-50-48-41-39-37-35-33-31-29-27-25-23-21-19-17-15-13-11-9-7-2/h8-11,14-17,20-23,26-29,32-35,38,40,43-44,46-47,51,53,57,59,63,65,88,92H,6-7,12-13,18-19,24-25,30-31,36-37,39,41-42,45,48-50,52,54-56,58,60-62,64,66-87H2,1-5H3/p+1/b10-8-,11-9-,16-14-,17-15-,22-20-,23-21-,28-26-,29-27-,34-32-,35-33-,40-38-,44-43-,47-46-,53-51-,59-57-,65-63-. The molecule has 0 bridgehead atoms. The molecule has 2 atom stereocenters. The summed E-state index contributed by atoms with van der Waals surface area (Å²) in [5.74, 6) is -2.03. The van der Waals surface area contributed by atoms with Gasteiger partial charge >= 0.3 is 17.9 Å². The number of carboxylic acids is 1. The van der Waals surface area contributed by atoms with Crippen LogP contribution in [0.15, 0.2) is 194 Å². The number of esters is 2. The van der Waals surface area contributed by atoms with Crippen molar-refractivity contribution in [3.05, 3.63) is 194 Å². The van der Waals surface area contributed by atoms with E-state index in [0.29, 0.717) is 23.9 Å². The summed E-state index contributed by atoms with van der Waals surface area (Å²) >= 11 is 0. The Bertz CT molecular complexity index is 2380. The second-order valence-electron chi connectivity index (χ2n) is 27.6. The van der Waals surface area contributed by atoms with E-state index >= 15 is 0 Å². The lowest BCUT2D eigenvalue weighted by atomic mass is 10.0. The van der Waals surface area contributed by atoms with Gasteiger partial charge in [-0.15, -0.1) is 0 Å². The van der Waals surface area contributed by atoms with E-state index in [-0.39, 0.29) is 32.2 Å².